The van der Waals surface area contributed by atoms with Crippen LogP contribution >= 0.6 is 0 Å². The average molecular weight is 263 g/mol. The minimum atomic E-state index is 0.157. The van der Waals surface area contributed by atoms with Crippen LogP contribution in [-0.2, 0) is 13.1 Å². The van der Waals surface area contributed by atoms with Crippen LogP contribution in [0.4, 0.5) is 0 Å². The maximum Gasteiger partial charge on any atom is 0.0948 e. The van der Waals surface area contributed by atoms with Crippen LogP contribution in [0.2, 0.25) is 0 Å². The Morgan fingerprint density at radius 1 is 1.26 bits per heavy atom. The van der Waals surface area contributed by atoms with Crippen LogP contribution in [0.25, 0.3) is 0 Å². The lowest BCUT2D eigenvalue weighted by Crippen LogP contribution is -2.36. The van der Waals surface area contributed by atoms with Crippen molar-refractivity contribution in [3.63, 3.8) is 0 Å². The lowest BCUT2D eigenvalue weighted by atomic mass is 9.75. The van der Waals surface area contributed by atoms with Gasteiger partial charge in [-0.05, 0) is 39.0 Å². The Morgan fingerprint density at radius 2 is 1.95 bits per heavy atom. The van der Waals surface area contributed by atoms with E-state index in [2.05, 4.69) is 42.6 Å². The molecular weight excluding hydrogens is 234 g/mol. The highest BCUT2D eigenvalue weighted by Crippen LogP contribution is 2.37. The van der Waals surface area contributed by atoms with Gasteiger partial charge in [-0.25, -0.2) is 4.98 Å². The van der Waals surface area contributed by atoms with Crippen molar-refractivity contribution in [1.29, 1.82) is 0 Å². The second kappa shape index (κ2) is 5.66. The predicted molar refractivity (Wildman–Crippen MR) is 80.0 cm³/mol. The molecule has 1 aliphatic carbocycles. The number of nitrogens with zero attached hydrogens (tertiary/aromatic N) is 2. The quantitative estimate of drug-likeness (QED) is 0.896. The Morgan fingerprint density at radius 3 is 2.58 bits per heavy atom. The molecule has 0 aromatic carbocycles. The molecule has 19 heavy (non-hydrogen) atoms. The van der Waals surface area contributed by atoms with E-state index >= 15 is 0 Å². The van der Waals surface area contributed by atoms with Crippen LogP contribution in [0.15, 0.2) is 12.5 Å². The van der Waals surface area contributed by atoms with E-state index in [1.54, 1.807) is 0 Å². The van der Waals surface area contributed by atoms with Crippen LogP contribution in [0, 0.1) is 5.41 Å². The second-order valence-corrected chi connectivity index (χ2v) is 7.49. The smallest absolute Gasteiger partial charge is 0.0948 e. The fourth-order valence-electron chi connectivity index (χ4n) is 2.97. The van der Waals surface area contributed by atoms with Crippen molar-refractivity contribution >= 4 is 0 Å². The molecule has 1 aromatic rings. The molecule has 108 valence electrons. The molecule has 1 saturated carbocycles. The molecule has 0 spiro atoms. The molecule has 1 aromatic heterocycles. The van der Waals surface area contributed by atoms with E-state index in [0.29, 0.717) is 5.41 Å². The minimum Gasteiger partial charge on any atom is -0.333 e. The van der Waals surface area contributed by atoms with Crippen molar-refractivity contribution in [2.45, 2.75) is 78.4 Å². The first-order valence-corrected chi connectivity index (χ1v) is 7.62. The monoisotopic (exact) mass is 263 g/mol. The molecule has 1 N–H and O–H groups in total. The first kappa shape index (κ1) is 14.6. The summed E-state index contributed by atoms with van der Waals surface area (Å²) >= 11 is 0. The van der Waals surface area contributed by atoms with E-state index < -0.39 is 0 Å². The van der Waals surface area contributed by atoms with E-state index in [9.17, 15) is 0 Å². The third-order valence-electron chi connectivity index (χ3n) is 4.21. The van der Waals surface area contributed by atoms with E-state index in [0.717, 1.165) is 13.1 Å². The van der Waals surface area contributed by atoms with Crippen molar-refractivity contribution < 1.29 is 0 Å². The standard InChI is InChI=1S/C16H29N3/c1-15(2,3)18-11-14-10-17-13-19(14)12-16(4)8-6-5-7-9-16/h10,13,18H,5-9,11-12H2,1-4H3. The third kappa shape index (κ3) is 4.34. The number of nitrogens with one attached hydrogen (secondary N) is 1. The number of hydrogen-bond acceptors (Lipinski definition) is 2. The lowest BCUT2D eigenvalue weighted by Gasteiger charge is -2.34. The number of aromatic nitrogens is 2. The molecular formula is C16H29N3. The molecule has 3 nitrogen and oxygen atoms in total. The van der Waals surface area contributed by atoms with Gasteiger partial charge < -0.3 is 9.88 Å². The predicted octanol–water partition coefficient (Wildman–Crippen LogP) is 3.74. The van der Waals surface area contributed by atoms with Gasteiger partial charge in [0.1, 0.15) is 0 Å². The highest BCUT2D eigenvalue weighted by Gasteiger charge is 2.27. The Bertz CT molecular complexity index is 394. The van der Waals surface area contributed by atoms with E-state index in [4.69, 9.17) is 0 Å². The third-order valence-corrected chi connectivity index (χ3v) is 4.21. The Balaban J connectivity index is 1.99. The molecule has 1 heterocycles. The van der Waals surface area contributed by atoms with E-state index in [1.807, 2.05) is 12.5 Å². The average Bonchev–Trinajstić information content (AvgIpc) is 2.73. The summed E-state index contributed by atoms with van der Waals surface area (Å²) in [5.74, 6) is 0. The Hall–Kier alpha value is -0.830. The first-order valence-electron chi connectivity index (χ1n) is 7.62. The zero-order valence-corrected chi connectivity index (χ0v) is 13.0. The summed E-state index contributed by atoms with van der Waals surface area (Å²) in [4.78, 5) is 4.34. The summed E-state index contributed by atoms with van der Waals surface area (Å²) < 4.78 is 2.35. The van der Waals surface area contributed by atoms with Crippen molar-refractivity contribution in [2.24, 2.45) is 5.41 Å². The summed E-state index contributed by atoms with van der Waals surface area (Å²) in [5.41, 5.74) is 1.93. The molecule has 0 aliphatic heterocycles. The van der Waals surface area contributed by atoms with Crippen molar-refractivity contribution in [1.82, 2.24) is 14.9 Å². The lowest BCUT2D eigenvalue weighted by molar-refractivity contribution is 0.180. The van der Waals surface area contributed by atoms with Crippen molar-refractivity contribution in [2.75, 3.05) is 0 Å². The van der Waals surface area contributed by atoms with Gasteiger partial charge in [-0.1, -0.05) is 26.2 Å². The zero-order valence-electron chi connectivity index (χ0n) is 13.0. The van der Waals surface area contributed by atoms with Gasteiger partial charge in [0.05, 0.1) is 12.0 Å². The zero-order chi connectivity index (χ0) is 13.9. The first-order chi connectivity index (χ1) is 8.88. The molecule has 0 saturated heterocycles. The van der Waals surface area contributed by atoms with Gasteiger partial charge in [0.15, 0.2) is 0 Å². The van der Waals surface area contributed by atoms with Gasteiger partial charge in [-0.15, -0.1) is 0 Å². The number of rotatable bonds is 4. The summed E-state index contributed by atoms with van der Waals surface area (Å²) in [5, 5.41) is 3.55. The molecule has 0 bridgehead atoms. The second-order valence-electron chi connectivity index (χ2n) is 7.49. The summed E-state index contributed by atoms with van der Waals surface area (Å²) in [6.45, 7) is 11.1. The Labute approximate surface area is 117 Å². The van der Waals surface area contributed by atoms with Crippen molar-refractivity contribution in [3.8, 4) is 0 Å². The van der Waals surface area contributed by atoms with Gasteiger partial charge in [0, 0.05) is 24.8 Å². The molecule has 1 aliphatic rings. The minimum absolute atomic E-state index is 0.157. The highest BCUT2D eigenvalue weighted by atomic mass is 15.1. The summed E-state index contributed by atoms with van der Waals surface area (Å²) in [6, 6.07) is 0. The SMILES string of the molecule is CC1(Cn2cncc2CNC(C)(C)C)CCCCC1. The number of imidazole rings is 1. The molecule has 2 rings (SSSR count). The van der Waals surface area contributed by atoms with Crippen molar-refractivity contribution in [3.05, 3.63) is 18.2 Å². The van der Waals surface area contributed by atoms with Crippen LogP contribution in [-0.4, -0.2) is 15.1 Å². The van der Waals surface area contributed by atoms with Gasteiger partial charge in [0.2, 0.25) is 0 Å². The molecule has 1 fully saturated rings. The maximum atomic E-state index is 4.34. The summed E-state index contributed by atoms with van der Waals surface area (Å²) in [7, 11) is 0. The fourth-order valence-corrected chi connectivity index (χ4v) is 2.97. The molecule has 0 unspecified atom stereocenters. The molecule has 0 atom stereocenters. The Kier molecular flexibility index (Phi) is 4.34. The normalized spacial score (nSPS) is 19.6. The van der Waals surface area contributed by atoms with Gasteiger partial charge in [-0.2, -0.15) is 0 Å². The van der Waals surface area contributed by atoms with Gasteiger partial charge in [-0.3, -0.25) is 0 Å². The van der Waals surface area contributed by atoms with Gasteiger partial charge in [0.25, 0.3) is 0 Å². The van der Waals surface area contributed by atoms with Crippen LogP contribution < -0.4 is 5.32 Å². The highest BCUT2D eigenvalue weighted by molar-refractivity contribution is 5.00. The molecule has 0 radical (unpaired) electrons. The largest absolute Gasteiger partial charge is 0.333 e. The van der Waals surface area contributed by atoms with Crippen LogP contribution in [0.1, 0.15) is 65.5 Å². The van der Waals surface area contributed by atoms with Crippen LogP contribution in [0.3, 0.4) is 0 Å². The molecule has 0 amide bonds. The number of hydrogen-bond donors (Lipinski definition) is 1. The fraction of sp³-hybridized carbons (Fsp3) is 0.812. The topological polar surface area (TPSA) is 29.9 Å². The molecule has 3 heteroatoms. The van der Waals surface area contributed by atoms with E-state index in [1.165, 1.54) is 37.8 Å². The summed E-state index contributed by atoms with van der Waals surface area (Å²) in [6.07, 6.45) is 10.9. The maximum absolute atomic E-state index is 4.34. The van der Waals surface area contributed by atoms with Gasteiger partial charge >= 0.3 is 0 Å². The van der Waals surface area contributed by atoms with E-state index in [-0.39, 0.29) is 5.54 Å². The van der Waals surface area contributed by atoms with Crippen LogP contribution in [0.5, 0.6) is 0 Å².